The highest BCUT2D eigenvalue weighted by atomic mass is 32.1. The first-order valence-corrected chi connectivity index (χ1v) is 10.3. The number of likely N-dealkylation sites (N-methyl/N-ethyl adjacent to an activating group) is 1. The third kappa shape index (κ3) is 4.61. The monoisotopic (exact) mass is 365 g/mol. The minimum Gasteiger partial charge on any atom is -0.357 e. The second-order valence-electron chi connectivity index (χ2n) is 6.79. The highest BCUT2D eigenvalue weighted by molar-refractivity contribution is 7.09. The van der Waals surface area contributed by atoms with Gasteiger partial charge in [-0.15, -0.1) is 0 Å². The Balaban J connectivity index is 1.56. The number of aliphatic imine (C=N–C) groups is 1. The van der Waals surface area contributed by atoms with E-state index in [2.05, 4.69) is 50.3 Å². The summed E-state index contributed by atoms with van der Waals surface area (Å²) in [5, 5.41) is 4.53. The SMILES string of the molecule is CCNC(=NCC1CCCN1C)N1CCN(c2nc(CC)ns2)CC1. The molecule has 0 saturated carbocycles. The van der Waals surface area contributed by atoms with Gasteiger partial charge in [0.15, 0.2) is 5.96 Å². The standard InChI is InChI=1S/C17H31N7S/c1-4-15-20-17(25-21-15)24-11-9-23(10-12-24)16(18-5-2)19-13-14-7-6-8-22(14)3/h14H,4-13H2,1-3H3,(H,18,19). The lowest BCUT2D eigenvalue weighted by atomic mass is 10.2. The second-order valence-corrected chi connectivity index (χ2v) is 7.52. The summed E-state index contributed by atoms with van der Waals surface area (Å²) >= 11 is 1.52. The quantitative estimate of drug-likeness (QED) is 0.627. The molecule has 0 spiro atoms. The molecule has 1 unspecified atom stereocenters. The van der Waals surface area contributed by atoms with Crippen LogP contribution in [0.5, 0.6) is 0 Å². The Labute approximate surface area is 155 Å². The van der Waals surface area contributed by atoms with Crippen LogP contribution in [0.25, 0.3) is 0 Å². The molecule has 25 heavy (non-hydrogen) atoms. The van der Waals surface area contributed by atoms with Crippen molar-refractivity contribution in [1.29, 1.82) is 0 Å². The molecule has 1 atom stereocenters. The van der Waals surface area contributed by atoms with Crippen LogP contribution in [-0.2, 0) is 6.42 Å². The molecule has 8 heteroatoms. The van der Waals surface area contributed by atoms with Crippen LogP contribution in [0.1, 0.15) is 32.5 Å². The molecule has 1 aromatic rings. The Morgan fingerprint density at radius 2 is 2.04 bits per heavy atom. The van der Waals surface area contributed by atoms with E-state index >= 15 is 0 Å². The molecule has 2 aliphatic heterocycles. The fourth-order valence-corrected chi connectivity index (χ4v) is 4.26. The number of hydrogen-bond donors (Lipinski definition) is 1. The maximum Gasteiger partial charge on any atom is 0.205 e. The van der Waals surface area contributed by atoms with Gasteiger partial charge in [-0.3, -0.25) is 4.99 Å². The third-order valence-electron chi connectivity index (χ3n) is 5.08. The Morgan fingerprint density at radius 3 is 2.64 bits per heavy atom. The maximum absolute atomic E-state index is 4.93. The molecule has 2 saturated heterocycles. The third-order valence-corrected chi connectivity index (χ3v) is 5.90. The van der Waals surface area contributed by atoms with E-state index in [9.17, 15) is 0 Å². The van der Waals surface area contributed by atoms with Gasteiger partial charge in [-0.25, -0.2) is 4.98 Å². The Hall–Kier alpha value is -1.41. The predicted octanol–water partition coefficient (Wildman–Crippen LogP) is 1.28. The van der Waals surface area contributed by atoms with E-state index in [0.717, 1.165) is 62.6 Å². The molecule has 1 aromatic heterocycles. The maximum atomic E-state index is 4.93. The van der Waals surface area contributed by atoms with Crippen molar-refractivity contribution >= 4 is 22.6 Å². The topological polar surface area (TPSA) is 59.9 Å². The zero-order valence-corrected chi connectivity index (χ0v) is 16.6. The molecule has 0 aromatic carbocycles. The van der Waals surface area contributed by atoms with Gasteiger partial charge in [-0.2, -0.15) is 4.37 Å². The number of piperazine rings is 1. The van der Waals surface area contributed by atoms with Crippen LogP contribution in [0.3, 0.4) is 0 Å². The zero-order valence-electron chi connectivity index (χ0n) is 15.7. The number of likely N-dealkylation sites (tertiary alicyclic amines) is 1. The molecule has 1 N–H and O–H groups in total. The number of guanidine groups is 1. The highest BCUT2D eigenvalue weighted by Crippen LogP contribution is 2.19. The molecule has 3 heterocycles. The van der Waals surface area contributed by atoms with Crippen LogP contribution in [0.2, 0.25) is 0 Å². The van der Waals surface area contributed by atoms with Gasteiger partial charge in [-0.1, -0.05) is 6.92 Å². The molecular weight excluding hydrogens is 334 g/mol. The number of hydrogen-bond acceptors (Lipinski definition) is 6. The van der Waals surface area contributed by atoms with E-state index in [1.807, 2.05) is 0 Å². The van der Waals surface area contributed by atoms with Crippen molar-refractivity contribution in [1.82, 2.24) is 24.5 Å². The molecule has 0 amide bonds. The number of rotatable bonds is 5. The molecular formula is C17H31N7S. The minimum absolute atomic E-state index is 0.601. The average Bonchev–Trinajstić information content (AvgIpc) is 3.28. The van der Waals surface area contributed by atoms with Crippen molar-refractivity contribution in [2.24, 2.45) is 4.99 Å². The molecule has 7 nitrogen and oxygen atoms in total. The summed E-state index contributed by atoms with van der Waals surface area (Å²) in [6.07, 6.45) is 3.47. The van der Waals surface area contributed by atoms with Gasteiger partial charge in [0.2, 0.25) is 5.13 Å². The molecule has 0 aliphatic carbocycles. The van der Waals surface area contributed by atoms with E-state index in [-0.39, 0.29) is 0 Å². The van der Waals surface area contributed by atoms with Crippen molar-refractivity contribution in [3.8, 4) is 0 Å². The first kappa shape index (κ1) is 18.4. The Kier molecular flexibility index (Phi) is 6.47. The number of anilines is 1. The number of aromatic nitrogens is 2. The first-order chi connectivity index (χ1) is 12.2. The van der Waals surface area contributed by atoms with Gasteiger partial charge < -0.3 is 20.0 Å². The van der Waals surface area contributed by atoms with Gasteiger partial charge in [0.25, 0.3) is 0 Å². The normalized spacial score (nSPS) is 22.7. The molecule has 140 valence electrons. The van der Waals surface area contributed by atoms with Crippen LogP contribution < -0.4 is 10.2 Å². The smallest absolute Gasteiger partial charge is 0.205 e. The fourth-order valence-electron chi connectivity index (χ4n) is 3.45. The number of aryl methyl sites for hydroxylation is 1. The van der Waals surface area contributed by atoms with Crippen molar-refractivity contribution in [2.45, 2.75) is 39.2 Å². The lowest BCUT2D eigenvalue weighted by molar-refractivity contribution is 0.314. The van der Waals surface area contributed by atoms with Crippen molar-refractivity contribution in [3.63, 3.8) is 0 Å². The molecule has 0 bridgehead atoms. The van der Waals surface area contributed by atoms with Crippen molar-refractivity contribution in [2.75, 3.05) is 57.8 Å². The minimum atomic E-state index is 0.601. The summed E-state index contributed by atoms with van der Waals surface area (Å²) in [7, 11) is 2.21. The summed E-state index contributed by atoms with van der Waals surface area (Å²) in [6.45, 7) is 11.2. The Bertz CT molecular complexity index is 565. The van der Waals surface area contributed by atoms with E-state index < -0.39 is 0 Å². The summed E-state index contributed by atoms with van der Waals surface area (Å²) in [6, 6.07) is 0.601. The second kappa shape index (κ2) is 8.80. The highest BCUT2D eigenvalue weighted by Gasteiger charge is 2.24. The van der Waals surface area contributed by atoms with Gasteiger partial charge in [0, 0.05) is 56.7 Å². The van der Waals surface area contributed by atoms with Crippen LogP contribution in [-0.4, -0.2) is 84.0 Å². The van der Waals surface area contributed by atoms with Gasteiger partial charge in [0.1, 0.15) is 5.82 Å². The van der Waals surface area contributed by atoms with Gasteiger partial charge in [0.05, 0.1) is 6.54 Å². The van der Waals surface area contributed by atoms with Crippen molar-refractivity contribution in [3.05, 3.63) is 5.82 Å². The molecule has 2 fully saturated rings. The Morgan fingerprint density at radius 1 is 1.24 bits per heavy atom. The van der Waals surface area contributed by atoms with Crippen molar-refractivity contribution < 1.29 is 0 Å². The molecule has 2 aliphatic rings. The van der Waals surface area contributed by atoms with Crippen LogP contribution in [0.4, 0.5) is 5.13 Å². The van der Waals surface area contributed by atoms with Gasteiger partial charge >= 0.3 is 0 Å². The zero-order chi connectivity index (χ0) is 17.6. The number of nitrogens with one attached hydrogen (secondary N) is 1. The first-order valence-electron chi connectivity index (χ1n) is 9.52. The van der Waals surface area contributed by atoms with Crippen LogP contribution >= 0.6 is 11.5 Å². The summed E-state index contributed by atoms with van der Waals surface area (Å²) in [5.74, 6) is 2.02. The van der Waals surface area contributed by atoms with E-state index in [1.165, 1.54) is 30.9 Å². The van der Waals surface area contributed by atoms with E-state index in [0.29, 0.717) is 6.04 Å². The van der Waals surface area contributed by atoms with E-state index in [1.54, 1.807) is 0 Å². The summed E-state index contributed by atoms with van der Waals surface area (Å²) in [4.78, 5) is 16.7. The number of nitrogens with zero attached hydrogens (tertiary/aromatic N) is 6. The lowest BCUT2D eigenvalue weighted by Crippen LogP contribution is -2.52. The van der Waals surface area contributed by atoms with Crippen LogP contribution in [0.15, 0.2) is 4.99 Å². The summed E-state index contributed by atoms with van der Waals surface area (Å²) < 4.78 is 4.41. The summed E-state index contributed by atoms with van der Waals surface area (Å²) in [5.41, 5.74) is 0. The molecule has 0 radical (unpaired) electrons. The average molecular weight is 366 g/mol. The largest absolute Gasteiger partial charge is 0.357 e. The predicted molar refractivity (Wildman–Crippen MR) is 105 cm³/mol. The molecule has 3 rings (SSSR count). The van der Waals surface area contributed by atoms with Gasteiger partial charge in [-0.05, 0) is 33.4 Å². The fraction of sp³-hybridized carbons (Fsp3) is 0.824. The lowest BCUT2D eigenvalue weighted by Gasteiger charge is -2.36. The van der Waals surface area contributed by atoms with Crippen LogP contribution in [0, 0.1) is 0 Å². The van der Waals surface area contributed by atoms with E-state index in [4.69, 9.17) is 4.99 Å².